The standard InChI is InChI=1S/C9H14BrFO2/c1-9(10,11)8(12)13-7-5-3-2-4-6-7/h7H,2-6H2,1H3. The molecule has 1 atom stereocenters. The van der Waals surface area contributed by atoms with Crippen molar-refractivity contribution in [3.8, 4) is 0 Å². The number of carbonyl (C=O) groups excluding carboxylic acids is 1. The predicted molar refractivity (Wildman–Crippen MR) is 51.4 cm³/mol. The Balaban J connectivity index is 2.35. The van der Waals surface area contributed by atoms with Gasteiger partial charge >= 0.3 is 5.97 Å². The molecule has 0 bridgehead atoms. The lowest BCUT2D eigenvalue weighted by molar-refractivity contribution is -0.157. The van der Waals surface area contributed by atoms with Gasteiger partial charge in [0.15, 0.2) is 0 Å². The normalized spacial score (nSPS) is 23.6. The second kappa shape index (κ2) is 4.40. The number of esters is 1. The number of alkyl halides is 2. The first-order valence-corrected chi connectivity index (χ1v) is 5.38. The minimum atomic E-state index is -2.04. The number of halogens is 2. The molecule has 1 aliphatic rings. The highest BCUT2D eigenvalue weighted by Crippen LogP contribution is 2.25. The summed E-state index contributed by atoms with van der Waals surface area (Å²) in [4.78, 5) is 11.1. The van der Waals surface area contributed by atoms with Gasteiger partial charge in [0.05, 0.1) is 0 Å². The van der Waals surface area contributed by atoms with E-state index >= 15 is 0 Å². The Bertz CT molecular complexity index is 183. The first-order chi connectivity index (χ1) is 6.00. The minimum absolute atomic E-state index is 0.0751. The molecule has 0 amide bonds. The van der Waals surface area contributed by atoms with E-state index < -0.39 is 10.5 Å². The van der Waals surface area contributed by atoms with E-state index in [0.717, 1.165) is 32.6 Å². The molecule has 1 saturated carbocycles. The van der Waals surface area contributed by atoms with E-state index in [1.807, 2.05) is 0 Å². The summed E-state index contributed by atoms with van der Waals surface area (Å²) in [5, 5.41) is 0. The van der Waals surface area contributed by atoms with E-state index in [2.05, 4.69) is 15.9 Å². The number of carbonyl (C=O) groups is 1. The average molecular weight is 253 g/mol. The Morgan fingerprint density at radius 2 is 2.00 bits per heavy atom. The van der Waals surface area contributed by atoms with Gasteiger partial charge in [0.1, 0.15) is 6.10 Å². The van der Waals surface area contributed by atoms with Crippen molar-refractivity contribution in [1.82, 2.24) is 0 Å². The fourth-order valence-electron chi connectivity index (χ4n) is 1.44. The van der Waals surface area contributed by atoms with Gasteiger partial charge in [-0.15, -0.1) is 0 Å². The summed E-state index contributed by atoms with van der Waals surface area (Å²) in [5.74, 6) is -0.806. The molecular weight excluding hydrogens is 239 g/mol. The van der Waals surface area contributed by atoms with Crippen LogP contribution >= 0.6 is 15.9 Å². The zero-order valence-electron chi connectivity index (χ0n) is 7.69. The van der Waals surface area contributed by atoms with Gasteiger partial charge in [-0.25, -0.2) is 9.18 Å². The van der Waals surface area contributed by atoms with Gasteiger partial charge in [-0.1, -0.05) is 6.42 Å². The van der Waals surface area contributed by atoms with Crippen molar-refractivity contribution < 1.29 is 13.9 Å². The van der Waals surface area contributed by atoms with Crippen molar-refractivity contribution >= 4 is 21.9 Å². The van der Waals surface area contributed by atoms with Crippen LogP contribution in [0.5, 0.6) is 0 Å². The van der Waals surface area contributed by atoms with Crippen LogP contribution in [0, 0.1) is 0 Å². The average Bonchev–Trinajstić information content (AvgIpc) is 2.04. The van der Waals surface area contributed by atoms with Crippen molar-refractivity contribution in [2.24, 2.45) is 0 Å². The quantitative estimate of drug-likeness (QED) is 0.558. The Morgan fingerprint density at radius 1 is 1.46 bits per heavy atom. The van der Waals surface area contributed by atoms with Gasteiger partial charge in [-0.2, -0.15) is 0 Å². The van der Waals surface area contributed by atoms with Crippen LogP contribution in [0.1, 0.15) is 39.0 Å². The summed E-state index contributed by atoms with van der Waals surface area (Å²) in [6, 6.07) is 0. The van der Waals surface area contributed by atoms with Gasteiger partial charge < -0.3 is 4.74 Å². The minimum Gasteiger partial charge on any atom is -0.459 e. The van der Waals surface area contributed by atoms with Crippen molar-refractivity contribution in [3.05, 3.63) is 0 Å². The molecule has 0 saturated heterocycles. The molecule has 0 N–H and O–H groups in total. The van der Waals surface area contributed by atoms with Gasteiger partial charge in [-0.3, -0.25) is 0 Å². The van der Waals surface area contributed by atoms with Crippen molar-refractivity contribution in [3.63, 3.8) is 0 Å². The molecule has 0 aromatic heterocycles. The molecule has 0 radical (unpaired) electrons. The van der Waals surface area contributed by atoms with Crippen LogP contribution in [-0.4, -0.2) is 16.7 Å². The zero-order chi connectivity index (χ0) is 9.90. The first kappa shape index (κ1) is 11.0. The third-order valence-corrected chi connectivity index (χ3v) is 2.51. The molecule has 0 spiro atoms. The topological polar surface area (TPSA) is 26.3 Å². The molecule has 1 aliphatic carbocycles. The molecule has 0 aliphatic heterocycles. The van der Waals surface area contributed by atoms with Crippen molar-refractivity contribution in [2.75, 3.05) is 0 Å². The van der Waals surface area contributed by atoms with Gasteiger partial charge in [0.25, 0.3) is 4.58 Å². The molecule has 0 aromatic rings. The van der Waals surface area contributed by atoms with E-state index in [4.69, 9.17) is 4.74 Å². The van der Waals surface area contributed by atoms with E-state index in [0.29, 0.717) is 0 Å². The van der Waals surface area contributed by atoms with Crippen LogP contribution in [0.25, 0.3) is 0 Å². The van der Waals surface area contributed by atoms with Crippen LogP contribution in [0.4, 0.5) is 4.39 Å². The molecule has 2 nitrogen and oxygen atoms in total. The Labute approximate surface area is 86.0 Å². The van der Waals surface area contributed by atoms with E-state index in [9.17, 15) is 9.18 Å². The fraction of sp³-hybridized carbons (Fsp3) is 0.889. The second-order valence-electron chi connectivity index (χ2n) is 3.55. The molecule has 1 unspecified atom stereocenters. The van der Waals surface area contributed by atoms with Crippen LogP contribution in [-0.2, 0) is 9.53 Å². The van der Waals surface area contributed by atoms with Crippen LogP contribution < -0.4 is 0 Å². The number of rotatable bonds is 2. The summed E-state index contributed by atoms with van der Waals surface area (Å²) in [7, 11) is 0. The van der Waals surface area contributed by atoms with Gasteiger partial charge in [0, 0.05) is 0 Å². The molecule has 13 heavy (non-hydrogen) atoms. The lowest BCUT2D eigenvalue weighted by Crippen LogP contribution is -2.30. The fourth-order valence-corrected chi connectivity index (χ4v) is 1.53. The Hall–Kier alpha value is -0.120. The molecule has 0 aromatic carbocycles. The second-order valence-corrected chi connectivity index (χ2v) is 5.04. The van der Waals surface area contributed by atoms with Gasteiger partial charge in [0.2, 0.25) is 0 Å². The summed E-state index contributed by atoms with van der Waals surface area (Å²) in [6.45, 7) is 1.15. The van der Waals surface area contributed by atoms with Gasteiger partial charge in [-0.05, 0) is 48.5 Å². The zero-order valence-corrected chi connectivity index (χ0v) is 9.27. The molecule has 76 valence electrons. The maximum Gasteiger partial charge on any atom is 0.355 e. The highest BCUT2D eigenvalue weighted by atomic mass is 79.9. The SMILES string of the molecule is CC(F)(Br)C(=O)OC1CCCCC1. The molecule has 0 heterocycles. The maximum atomic E-state index is 13.0. The number of hydrogen-bond acceptors (Lipinski definition) is 2. The van der Waals surface area contributed by atoms with Crippen LogP contribution in [0.3, 0.4) is 0 Å². The number of ether oxygens (including phenoxy) is 1. The van der Waals surface area contributed by atoms with Crippen LogP contribution in [0.15, 0.2) is 0 Å². The highest BCUT2D eigenvalue weighted by molar-refractivity contribution is 9.10. The Kier molecular flexibility index (Phi) is 3.71. The van der Waals surface area contributed by atoms with E-state index in [1.54, 1.807) is 0 Å². The molecule has 1 fully saturated rings. The number of hydrogen-bond donors (Lipinski definition) is 0. The lowest BCUT2D eigenvalue weighted by Gasteiger charge is -2.23. The summed E-state index contributed by atoms with van der Waals surface area (Å²) in [5.41, 5.74) is 0. The van der Waals surface area contributed by atoms with E-state index in [-0.39, 0.29) is 6.10 Å². The predicted octanol–water partition coefficient (Wildman–Crippen LogP) is 2.94. The molecule has 4 heteroatoms. The lowest BCUT2D eigenvalue weighted by atomic mass is 9.98. The molecular formula is C9H14BrFO2. The van der Waals surface area contributed by atoms with E-state index in [1.165, 1.54) is 6.42 Å². The summed E-state index contributed by atoms with van der Waals surface area (Å²) < 4.78 is 15.9. The largest absolute Gasteiger partial charge is 0.459 e. The van der Waals surface area contributed by atoms with Crippen LogP contribution in [0.2, 0.25) is 0 Å². The van der Waals surface area contributed by atoms with Crippen molar-refractivity contribution in [2.45, 2.75) is 49.7 Å². The first-order valence-electron chi connectivity index (χ1n) is 4.59. The maximum absolute atomic E-state index is 13.0. The Morgan fingerprint density at radius 3 is 2.46 bits per heavy atom. The highest BCUT2D eigenvalue weighted by Gasteiger charge is 2.33. The third-order valence-electron chi connectivity index (χ3n) is 2.18. The third kappa shape index (κ3) is 3.63. The smallest absolute Gasteiger partial charge is 0.355 e. The monoisotopic (exact) mass is 252 g/mol. The summed E-state index contributed by atoms with van der Waals surface area (Å²) in [6.07, 6.45) is 5.00. The van der Waals surface area contributed by atoms with Crippen molar-refractivity contribution in [1.29, 1.82) is 0 Å². The molecule has 1 rings (SSSR count). The summed E-state index contributed by atoms with van der Waals surface area (Å²) >= 11 is 2.63.